The van der Waals surface area contributed by atoms with E-state index in [1.165, 1.54) is 58.2 Å². The summed E-state index contributed by atoms with van der Waals surface area (Å²) in [6, 6.07) is 7.72. The van der Waals surface area contributed by atoms with Crippen LogP contribution in [0.1, 0.15) is 56.9 Å². The molecule has 0 aromatic heterocycles. The van der Waals surface area contributed by atoms with E-state index < -0.39 is 0 Å². The number of rotatable bonds is 9. The first kappa shape index (κ1) is 19.3. The number of hydrogen-bond donors (Lipinski definition) is 1. The van der Waals surface area contributed by atoms with Crippen molar-refractivity contribution in [2.24, 2.45) is 0 Å². The fraction of sp³-hybridized carbons (Fsp3) is 0.650. The van der Waals surface area contributed by atoms with Gasteiger partial charge < -0.3 is 10.2 Å². The Morgan fingerprint density at radius 2 is 1.71 bits per heavy atom. The molecule has 1 saturated heterocycles. The van der Waals surface area contributed by atoms with Gasteiger partial charge in [0.05, 0.1) is 0 Å². The number of carbonyl (C=O) groups excluding carboxylic acids is 1. The maximum absolute atomic E-state index is 11.9. The third kappa shape index (κ3) is 8.16. The maximum atomic E-state index is 11.9. The van der Waals surface area contributed by atoms with Gasteiger partial charge in [0.1, 0.15) is 0 Å². The fourth-order valence-corrected chi connectivity index (χ4v) is 3.35. The average Bonchev–Trinajstić information content (AvgIpc) is 2.86. The van der Waals surface area contributed by atoms with E-state index in [2.05, 4.69) is 10.2 Å². The second-order valence-corrected chi connectivity index (χ2v) is 7.23. The van der Waals surface area contributed by atoms with Crippen molar-refractivity contribution >= 4 is 17.5 Å². The lowest BCUT2D eigenvalue weighted by molar-refractivity contribution is -0.121. The molecule has 3 nitrogen and oxygen atoms in total. The van der Waals surface area contributed by atoms with E-state index in [1.807, 2.05) is 24.3 Å². The Labute approximate surface area is 151 Å². The minimum atomic E-state index is 0.150. The molecule has 1 amide bonds. The van der Waals surface area contributed by atoms with Crippen LogP contribution in [0.15, 0.2) is 24.3 Å². The van der Waals surface area contributed by atoms with Gasteiger partial charge in [0, 0.05) is 18.0 Å². The minimum absolute atomic E-state index is 0.150. The molecule has 1 N–H and O–H groups in total. The molecule has 1 aromatic rings. The lowest BCUT2D eigenvalue weighted by Gasteiger charge is -2.19. The van der Waals surface area contributed by atoms with E-state index in [9.17, 15) is 4.79 Å². The Morgan fingerprint density at radius 3 is 2.42 bits per heavy atom. The lowest BCUT2D eigenvalue weighted by Crippen LogP contribution is -2.26. The molecule has 1 fully saturated rings. The smallest absolute Gasteiger partial charge is 0.220 e. The Kier molecular flexibility index (Phi) is 9.22. The summed E-state index contributed by atoms with van der Waals surface area (Å²) in [4.78, 5) is 14.5. The highest BCUT2D eigenvalue weighted by Gasteiger charge is 2.08. The van der Waals surface area contributed by atoms with Crippen LogP contribution in [-0.4, -0.2) is 37.0 Å². The van der Waals surface area contributed by atoms with Crippen molar-refractivity contribution in [3.8, 4) is 0 Å². The highest BCUT2D eigenvalue weighted by Crippen LogP contribution is 2.11. The van der Waals surface area contributed by atoms with Gasteiger partial charge in [-0.15, -0.1) is 0 Å². The predicted molar refractivity (Wildman–Crippen MR) is 102 cm³/mol. The van der Waals surface area contributed by atoms with Gasteiger partial charge >= 0.3 is 0 Å². The molecule has 0 spiro atoms. The number of halogens is 1. The molecule has 134 valence electrons. The molecule has 4 heteroatoms. The van der Waals surface area contributed by atoms with E-state index in [-0.39, 0.29) is 5.91 Å². The summed E-state index contributed by atoms with van der Waals surface area (Å²) < 4.78 is 0. The number of carbonyl (C=O) groups is 1. The summed E-state index contributed by atoms with van der Waals surface area (Å²) in [6.45, 7) is 4.59. The summed E-state index contributed by atoms with van der Waals surface area (Å²) >= 11 is 5.86. The van der Waals surface area contributed by atoms with Crippen molar-refractivity contribution in [1.82, 2.24) is 10.2 Å². The highest BCUT2D eigenvalue weighted by atomic mass is 35.5. The number of aryl methyl sites for hydroxylation is 1. The molecule has 2 rings (SSSR count). The van der Waals surface area contributed by atoms with E-state index >= 15 is 0 Å². The van der Waals surface area contributed by atoms with E-state index in [1.54, 1.807) is 0 Å². The number of hydrogen-bond acceptors (Lipinski definition) is 2. The molecule has 1 aromatic carbocycles. The van der Waals surface area contributed by atoms with Crippen LogP contribution >= 0.6 is 11.6 Å². The summed E-state index contributed by atoms with van der Waals surface area (Å²) in [6.07, 6.45) is 10.4. The van der Waals surface area contributed by atoms with Crippen LogP contribution in [0.3, 0.4) is 0 Å². The van der Waals surface area contributed by atoms with E-state index in [0.29, 0.717) is 6.42 Å². The number of nitrogens with zero attached hydrogens (tertiary/aromatic N) is 1. The first-order chi connectivity index (χ1) is 11.7. The second-order valence-electron chi connectivity index (χ2n) is 6.79. The van der Waals surface area contributed by atoms with Crippen LogP contribution in [0.5, 0.6) is 0 Å². The zero-order valence-corrected chi connectivity index (χ0v) is 15.5. The van der Waals surface area contributed by atoms with Gasteiger partial charge in [-0.2, -0.15) is 0 Å². The largest absolute Gasteiger partial charge is 0.356 e. The van der Waals surface area contributed by atoms with Gasteiger partial charge in [0.2, 0.25) is 5.91 Å². The molecule has 0 unspecified atom stereocenters. The Hall–Kier alpha value is -1.06. The fourth-order valence-electron chi connectivity index (χ4n) is 3.22. The van der Waals surface area contributed by atoms with Crippen molar-refractivity contribution in [3.05, 3.63) is 34.9 Å². The second kappa shape index (κ2) is 11.5. The topological polar surface area (TPSA) is 32.3 Å². The Morgan fingerprint density at radius 1 is 1.00 bits per heavy atom. The monoisotopic (exact) mass is 350 g/mol. The van der Waals surface area contributed by atoms with Crippen LogP contribution in [0.4, 0.5) is 0 Å². The summed E-state index contributed by atoms with van der Waals surface area (Å²) in [5, 5.41) is 3.77. The highest BCUT2D eigenvalue weighted by molar-refractivity contribution is 6.30. The van der Waals surface area contributed by atoms with Crippen molar-refractivity contribution in [3.63, 3.8) is 0 Å². The van der Waals surface area contributed by atoms with E-state index in [0.717, 1.165) is 30.0 Å². The van der Waals surface area contributed by atoms with Crippen LogP contribution in [-0.2, 0) is 11.2 Å². The number of unbranched alkanes of at least 4 members (excludes halogenated alkanes) is 2. The molecular weight excluding hydrogens is 320 g/mol. The third-order valence-corrected chi connectivity index (χ3v) is 4.98. The first-order valence-corrected chi connectivity index (χ1v) is 9.85. The number of amides is 1. The first-order valence-electron chi connectivity index (χ1n) is 9.47. The molecule has 1 aliphatic rings. The molecule has 24 heavy (non-hydrogen) atoms. The van der Waals surface area contributed by atoms with Gasteiger partial charge in [0.25, 0.3) is 0 Å². The minimum Gasteiger partial charge on any atom is -0.356 e. The van der Waals surface area contributed by atoms with Gasteiger partial charge in [-0.1, -0.05) is 43.0 Å². The molecule has 0 radical (unpaired) electrons. The number of nitrogens with one attached hydrogen (secondary N) is 1. The Bertz CT molecular complexity index is 467. The van der Waals surface area contributed by atoms with E-state index in [4.69, 9.17) is 11.6 Å². The van der Waals surface area contributed by atoms with Crippen molar-refractivity contribution in [1.29, 1.82) is 0 Å². The Balaban J connectivity index is 1.46. The number of likely N-dealkylation sites (tertiary alicyclic amines) is 1. The van der Waals surface area contributed by atoms with Crippen molar-refractivity contribution in [2.75, 3.05) is 26.2 Å². The van der Waals surface area contributed by atoms with Gasteiger partial charge in [-0.05, 0) is 69.4 Å². The molecule has 1 aliphatic heterocycles. The molecular formula is C20H31ClN2O. The van der Waals surface area contributed by atoms with Crippen molar-refractivity contribution in [2.45, 2.75) is 57.8 Å². The summed E-state index contributed by atoms with van der Waals surface area (Å²) in [5.74, 6) is 0.150. The SMILES string of the molecule is O=C(CCc1ccc(Cl)cc1)NCCCCCN1CCCCCC1. The van der Waals surface area contributed by atoms with Crippen LogP contribution in [0.2, 0.25) is 5.02 Å². The van der Waals surface area contributed by atoms with Crippen molar-refractivity contribution < 1.29 is 4.79 Å². The van der Waals surface area contributed by atoms with Crippen LogP contribution in [0.25, 0.3) is 0 Å². The zero-order chi connectivity index (χ0) is 17.0. The molecule has 0 atom stereocenters. The molecule has 1 heterocycles. The summed E-state index contributed by atoms with van der Waals surface area (Å²) in [5.41, 5.74) is 1.16. The summed E-state index contributed by atoms with van der Waals surface area (Å²) in [7, 11) is 0. The van der Waals surface area contributed by atoms with Gasteiger partial charge in [-0.25, -0.2) is 0 Å². The normalized spacial score (nSPS) is 15.9. The number of benzene rings is 1. The molecule has 0 saturated carbocycles. The third-order valence-electron chi connectivity index (χ3n) is 4.73. The van der Waals surface area contributed by atoms with Gasteiger partial charge in [-0.3, -0.25) is 4.79 Å². The predicted octanol–water partition coefficient (Wildman–Crippen LogP) is 4.44. The molecule has 0 aliphatic carbocycles. The standard InChI is InChI=1S/C20H31ClN2O/c21-19-11-8-18(9-12-19)10-13-20(24)22-14-4-3-7-17-23-15-5-1-2-6-16-23/h8-9,11-12H,1-7,10,13-17H2,(H,22,24). The molecule has 0 bridgehead atoms. The average molecular weight is 351 g/mol. The van der Waals surface area contributed by atoms with Crippen LogP contribution in [0, 0.1) is 0 Å². The quantitative estimate of drug-likeness (QED) is 0.668. The lowest BCUT2D eigenvalue weighted by atomic mass is 10.1. The van der Waals surface area contributed by atoms with Gasteiger partial charge in [0.15, 0.2) is 0 Å². The maximum Gasteiger partial charge on any atom is 0.220 e. The zero-order valence-electron chi connectivity index (χ0n) is 14.7. The van der Waals surface area contributed by atoms with Crippen LogP contribution < -0.4 is 5.32 Å².